The summed E-state index contributed by atoms with van der Waals surface area (Å²) in [5, 5.41) is 10.1. The number of hydrogen-bond acceptors (Lipinski definition) is 2. The van der Waals surface area contributed by atoms with Gasteiger partial charge in [-0.15, -0.1) is 0 Å². The van der Waals surface area contributed by atoms with Gasteiger partial charge in [0.05, 0.1) is 6.61 Å². The SMILES string of the molecule is CCC1(C)CCN(c2ccc(Cl)cc2CO)CC1. The van der Waals surface area contributed by atoms with Crippen molar-refractivity contribution in [3.05, 3.63) is 28.8 Å². The van der Waals surface area contributed by atoms with Crippen molar-refractivity contribution in [3.63, 3.8) is 0 Å². The van der Waals surface area contributed by atoms with Crippen molar-refractivity contribution in [1.29, 1.82) is 0 Å². The van der Waals surface area contributed by atoms with Crippen molar-refractivity contribution in [2.75, 3.05) is 18.0 Å². The predicted molar refractivity (Wildman–Crippen MR) is 77.2 cm³/mol. The third-order valence-corrected chi connectivity index (χ3v) is 4.61. The molecule has 0 aliphatic carbocycles. The van der Waals surface area contributed by atoms with Crippen LogP contribution >= 0.6 is 11.6 Å². The molecule has 0 spiro atoms. The Balaban J connectivity index is 2.14. The quantitative estimate of drug-likeness (QED) is 0.899. The maximum Gasteiger partial charge on any atom is 0.0702 e. The van der Waals surface area contributed by atoms with Gasteiger partial charge < -0.3 is 10.0 Å². The van der Waals surface area contributed by atoms with Crippen LogP contribution in [-0.4, -0.2) is 18.2 Å². The fourth-order valence-corrected chi connectivity index (χ4v) is 2.82. The van der Waals surface area contributed by atoms with Gasteiger partial charge in [-0.05, 0) is 36.5 Å². The molecule has 0 atom stereocenters. The second-order valence-corrected chi connectivity index (χ2v) is 6.02. The van der Waals surface area contributed by atoms with E-state index in [1.165, 1.54) is 19.3 Å². The minimum Gasteiger partial charge on any atom is -0.392 e. The van der Waals surface area contributed by atoms with Gasteiger partial charge in [0.15, 0.2) is 0 Å². The highest BCUT2D eigenvalue weighted by molar-refractivity contribution is 6.30. The average molecular weight is 268 g/mol. The molecule has 1 aliphatic rings. The van der Waals surface area contributed by atoms with Crippen molar-refractivity contribution >= 4 is 17.3 Å². The van der Waals surface area contributed by atoms with E-state index in [4.69, 9.17) is 11.6 Å². The minimum atomic E-state index is 0.0530. The van der Waals surface area contributed by atoms with Crippen molar-refractivity contribution < 1.29 is 5.11 Å². The Hall–Kier alpha value is -0.730. The second-order valence-electron chi connectivity index (χ2n) is 5.58. The largest absolute Gasteiger partial charge is 0.392 e. The van der Waals surface area contributed by atoms with Crippen LogP contribution < -0.4 is 4.90 Å². The predicted octanol–water partition coefficient (Wildman–Crippen LogP) is 3.85. The maximum absolute atomic E-state index is 9.44. The number of piperidine rings is 1. The lowest BCUT2D eigenvalue weighted by atomic mass is 9.78. The highest BCUT2D eigenvalue weighted by Crippen LogP contribution is 2.36. The lowest BCUT2D eigenvalue weighted by Crippen LogP contribution is -2.38. The molecule has 1 fully saturated rings. The number of aliphatic hydroxyl groups excluding tert-OH is 1. The molecule has 1 heterocycles. The van der Waals surface area contributed by atoms with Crippen molar-refractivity contribution in [1.82, 2.24) is 0 Å². The van der Waals surface area contributed by atoms with Crippen LogP contribution in [0.25, 0.3) is 0 Å². The highest BCUT2D eigenvalue weighted by Gasteiger charge is 2.28. The Kier molecular flexibility index (Phi) is 4.18. The number of nitrogens with zero attached hydrogens (tertiary/aromatic N) is 1. The molecule has 1 N–H and O–H groups in total. The Bertz CT molecular complexity index is 411. The molecule has 100 valence electrons. The number of hydrogen-bond donors (Lipinski definition) is 1. The summed E-state index contributed by atoms with van der Waals surface area (Å²) in [5.41, 5.74) is 2.56. The van der Waals surface area contributed by atoms with Gasteiger partial charge >= 0.3 is 0 Å². The monoisotopic (exact) mass is 267 g/mol. The number of halogens is 1. The highest BCUT2D eigenvalue weighted by atomic mass is 35.5. The van der Waals surface area contributed by atoms with Crippen LogP contribution in [0.5, 0.6) is 0 Å². The summed E-state index contributed by atoms with van der Waals surface area (Å²) >= 11 is 5.97. The molecule has 18 heavy (non-hydrogen) atoms. The van der Waals surface area contributed by atoms with E-state index in [1.54, 1.807) is 0 Å². The zero-order chi connectivity index (χ0) is 13.2. The van der Waals surface area contributed by atoms with Crippen LogP contribution in [0.2, 0.25) is 5.02 Å². The first-order valence-corrected chi connectivity index (χ1v) is 7.10. The number of anilines is 1. The van der Waals surface area contributed by atoms with Gasteiger partial charge in [0.2, 0.25) is 0 Å². The van der Waals surface area contributed by atoms with Gasteiger partial charge in [0.25, 0.3) is 0 Å². The molecule has 2 rings (SSSR count). The van der Waals surface area contributed by atoms with E-state index in [1.807, 2.05) is 18.2 Å². The van der Waals surface area contributed by atoms with E-state index >= 15 is 0 Å². The molecular weight excluding hydrogens is 246 g/mol. The van der Waals surface area contributed by atoms with E-state index in [0.717, 1.165) is 24.3 Å². The third kappa shape index (κ3) is 2.81. The maximum atomic E-state index is 9.44. The molecule has 0 unspecified atom stereocenters. The molecular formula is C15H22ClNO. The smallest absolute Gasteiger partial charge is 0.0702 e. The first kappa shape index (κ1) is 13.7. The molecule has 0 radical (unpaired) electrons. The lowest BCUT2D eigenvalue weighted by Gasteiger charge is -2.40. The zero-order valence-electron chi connectivity index (χ0n) is 11.2. The molecule has 1 saturated heterocycles. The van der Waals surface area contributed by atoms with Crippen LogP contribution in [0.1, 0.15) is 38.7 Å². The molecule has 0 amide bonds. The van der Waals surface area contributed by atoms with Gasteiger partial charge in [-0.2, -0.15) is 0 Å². The van der Waals surface area contributed by atoms with Gasteiger partial charge in [0, 0.05) is 29.4 Å². The molecule has 3 heteroatoms. The third-order valence-electron chi connectivity index (χ3n) is 4.38. The Labute approximate surface area is 115 Å². The van der Waals surface area contributed by atoms with E-state index in [2.05, 4.69) is 18.7 Å². The first-order chi connectivity index (χ1) is 8.58. The summed E-state index contributed by atoms with van der Waals surface area (Å²) in [7, 11) is 0. The molecule has 0 aromatic heterocycles. The summed E-state index contributed by atoms with van der Waals surface area (Å²) in [6.45, 7) is 6.84. The van der Waals surface area contributed by atoms with Crippen LogP contribution in [0, 0.1) is 5.41 Å². The Morgan fingerprint density at radius 2 is 2.00 bits per heavy atom. The summed E-state index contributed by atoms with van der Waals surface area (Å²) in [5.74, 6) is 0. The molecule has 2 nitrogen and oxygen atoms in total. The fourth-order valence-electron chi connectivity index (χ4n) is 2.63. The summed E-state index contributed by atoms with van der Waals surface area (Å²) in [4.78, 5) is 2.37. The van der Waals surface area contributed by atoms with Crippen LogP contribution in [0.4, 0.5) is 5.69 Å². The van der Waals surface area contributed by atoms with Crippen molar-refractivity contribution in [2.24, 2.45) is 5.41 Å². The van der Waals surface area contributed by atoms with Crippen molar-refractivity contribution in [2.45, 2.75) is 39.7 Å². The second kappa shape index (κ2) is 5.50. The Morgan fingerprint density at radius 3 is 2.56 bits per heavy atom. The van der Waals surface area contributed by atoms with Gasteiger partial charge in [-0.25, -0.2) is 0 Å². The van der Waals surface area contributed by atoms with Gasteiger partial charge in [-0.3, -0.25) is 0 Å². The van der Waals surface area contributed by atoms with Gasteiger partial charge in [0.1, 0.15) is 0 Å². The summed E-state index contributed by atoms with van der Waals surface area (Å²) in [6.07, 6.45) is 3.68. The summed E-state index contributed by atoms with van der Waals surface area (Å²) < 4.78 is 0. The molecule has 0 bridgehead atoms. The van der Waals surface area contributed by atoms with Crippen LogP contribution in [-0.2, 0) is 6.61 Å². The average Bonchev–Trinajstić information content (AvgIpc) is 2.40. The van der Waals surface area contributed by atoms with Crippen LogP contribution in [0.3, 0.4) is 0 Å². The van der Waals surface area contributed by atoms with Crippen LogP contribution in [0.15, 0.2) is 18.2 Å². The standard InChI is InChI=1S/C15H22ClNO/c1-3-15(2)6-8-17(9-7-15)14-5-4-13(16)10-12(14)11-18/h4-5,10,18H,3,6-9,11H2,1-2H3. The van der Waals surface area contributed by atoms with Gasteiger partial charge in [-0.1, -0.05) is 31.9 Å². The molecule has 1 aromatic carbocycles. The molecule has 0 saturated carbocycles. The number of aliphatic hydroxyl groups is 1. The number of rotatable bonds is 3. The zero-order valence-corrected chi connectivity index (χ0v) is 12.0. The summed E-state index contributed by atoms with van der Waals surface area (Å²) in [6, 6.07) is 5.80. The minimum absolute atomic E-state index is 0.0530. The van der Waals surface area contributed by atoms with E-state index < -0.39 is 0 Å². The molecule has 1 aliphatic heterocycles. The number of benzene rings is 1. The topological polar surface area (TPSA) is 23.5 Å². The van der Waals surface area contributed by atoms with E-state index in [9.17, 15) is 5.11 Å². The first-order valence-electron chi connectivity index (χ1n) is 6.72. The van der Waals surface area contributed by atoms with E-state index in [-0.39, 0.29) is 6.61 Å². The Morgan fingerprint density at radius 1 is 1.33 bits per heavy atom. The molecule has 1 aromatic rings. The normalized spacial score (nSPS) is 19.0. The van der Waals surface area contributed by atoms with Crippen molar-refractivity contribution in [3.8, 4) is 0 Å². The lowest BCUT2D eigenvalue weighted by molar-refractivity contribution is 0.237. The van der Waals surface area contributed by atoms with E-state index in [0.29, 0.717) is 10.4 Å². The fraction of sp³-hybridized carbons (Fsp3) is 0.600.